The van der Waals surface area contributed by atoms with Crippen LogP contribution in [0.3, 0.4) is 0 Å². The number of rotatable bonds is 4. The number of phenolic OH excluding ortho intramolecular Hbond substituents is 1. The second kappa shape index (κ2) is 5.69. The molecule has 0 aliphatic carbocycles. The van der Waals surface area contributed by atoms with Crippen molar-refractivity contribution < 1.29 is 10.2 Å². The van der Waals surface area contributed by atoms with Crippen LogP contribution in [0.1, 0.15) is 17.5 Å². The molecule has 0 saturated heterocycles. The zero-order valence-electron chi connectivity index (χ0n) is 10.6. The first kappa shape index (κ1) is 12.7. The lowest BCUT2D eigenvalue weighted by Gasteiger charge is -2.08. The van der Waals surface area contributed by atoms with E-state index < -0.39 is 0 Å². The Hall–Kier alpha value is -1.80. The third kappa shape index (κ3) is 2.90. The van der Waals surface area contributed by atoms with Gasteiger partial charge in [-0.15, -0.1) is 0 Å². The summed E-state index contributed by atoms with van der Waals surface area (Å²) in [5.74, 6) is 0.298. The zero-order chi connectivity index (χ0) is 13.0. The predicted molar refractivity (Wildman–Crippen MR) is 73.7 cm³/mol. The Balaban J connectivity index is 2.33. The van der Waals surface area contributed by atoms with E-state index in [0.717, 1.165) is 29.5 Å². The van der Waals surface area contributed by atoms with Gasteiger partial charge < -0.3 is 10.2 Å². The van der Waals surface area contributed by atoms with E-state index in [9.17, 15) is 5.11 Å². The third-order valence-corrected chi connectivity index (χ3v) is 3.05. The molecule has 2 heteroatoms. The maximum absolute atomic E-state index is 9.93. The molecular formula is C16H18O2. The van der Waals surface area contributed by atoms with Crippen molar-refractivity contribution in [1.29, 1.82) is 0 Å². The standard InChI is InChI=1S/C16H18O2/c1-12-4-7-14(8-5-12)15-11-13(3-2-10-17)6-9-16(15)18/h4-9,11,17-18H,2-3,10H2,1H3. The molecule has 0 aliphatic heterocycles. The average Bonchev–Trinajstić information content (AvgIpc) is 2.39. The van der Waals surface area contributed by atoms with Gasteiger partial charge in [0.2, 0.25) is 0 Å². The van der Waals surface area contributed by atoms with Gasteiger partial charge in [-0.25, -0.2) is 0 Å². The second-order valence-electron chi connectivity index (χ2n) is 4.54. The molecule has 0 unspecified atom stereocenters. The van der Waals surface area contributed by atoms with Gasteiger partial charge in [-0.1, -0.05) is 35.9 Å². The molecule has 2 nitrogen and oxygen atoms in total. The minimum absolute atomic E-state index is 0.195. The Labute approximate surface area is 108 Å². The molecule has 18 heavy (non-hydrogen) atoms. The van der Waals surface area contributed by atoms with Crippen LogP contribution in [0, 0.1) is 6.92 Å². The van der Waals surface area contributed by atoms with Crippen LogP contribution < -0.4 is 0 Å². The number of aliphatic hydroxyl groups excluding tert-OH is 1. The molecule has 0 atom stereocenters. The SMILES string of the molecule is Cc1ccc(-c2cc(CCCO)ccc2O)cc1. The van der Waals surface area contributed by atoms with Gasteiger partial charge in [-0.2, -0.15) is 0 Å². The van der Waals surface area contributed by atoms with E-state index in [1.807, 2.05) is 43.3 Å². The largest absolute Gasteiger partial charge is 0.507 e. The molecule has 0 heterocycles. The first-order valence-electron chi connectivity index (χ1n) is 6.20. The van der Waals surface area contributed by atoms with Crippen LogP contribution in [-0.4, -0.2) is 16.8 Å². The first-order valence-corrected chi connectivity index (χ1v) is 6.20. The Morgan fingerprint density at radius 2 is 1.72 bits per heavy atom. The number of aliphatic hydroxyl groups is 1. The van der Waals surface area contributed by atoms with Gasteiger partial charge in [0, 0.05) is 12.2 Å². The average molecular weight is 242 g/mol. The van der Waals surface area contributed by atoms with Crippen LogP contribution in [-0.2, 0) is 6.42 Å². The molecule has 2 aromatic rings. The summed E-state index contributed by atoms with van der Waals surface area (Å²) in [4.78, 5) is 0. The van der Waals surface area contributed by atoms with E-state index in [1.165, 1.54) is 5.56 Å². The van der Waals surface area contributed by atoms with Gasteiger partial charge in [0.25, 0.3) is 0 Å². The summed E-state index contributed by atoms with van der Waals surface area (Å²) in [5.41, 5.74) is 4.21. The van der Waals surface area contributed by atoms with Crippen molar-refractivity contribution in [2.45, 2.75) is 19.8 Å². The van der Waals surface area contributed by atoms with Crippen LogP contribution in [0.5, 0.6) is 5.75 Å². The van der Waals surface area contributed by atoms with Gasteiger partial charge in [0.1, 0.15) is 5.75 Å². The molecule has 2 N–H and O–H groups in total. The quantitative estimate of drug-likeness (QED) is 0.863. The maximum Gasteiger partial charge on any atom is 0.123 e. The Bertz CT molecular complexity index is 515. The summed E-state index contributed by atoms with van der Waals surface area (Å²) in [5, 5.41) is 18.8. The highest BCUT2D eigenvalue weighted by Crippen LogP contribution is 2.30. The Morgan fingerprint density at radius 1 is 1.00 bits per heavy atom. The summed E-state index contributed by atoms with van der Waals surface area (Å²) in [7, 11) is 0. The number of hydrogen-bond acceptors (Lipinski definition) is 2. The molecule has 0 fully saturated rings. The van der Waals surface area contributed by atoms with Crippen LogP contribution >= 0.6 is 0 Å². The van der Waals surface area contributed by atoms with Crippen LogP contribution in [0.15, 0.2) is 42.5 Å². The van der Waals surface area contributed by atoms with Crippen molar-refractivity contribution in [3.8, 4) is 16.9 Å². The highest BCUT2D eigenvalue weighted by Gasteiger charge is 2.05. The monoisotopic (exact) mass is 242 g/mol. The number of aromatic hydroxyl groups is 1. The second-order valence-corrected chi connectivity index (χ2v) is 4.54. The van der Waals surface area contributed by atoms with Gasteiger partial charge >= 0.3 is 0 Å². The van der Waals surface area contributed by atoms with Gasteiger partial charge in [0.05, 0.1) is 0 Å². The van der Waals surface area contributed by atoms with Gasteiger partial charge in [-0.3, -0.25) is 0 Å². The third-order valence-electron chi connectivity index (χ3n) is 3.05. The minimum Gasteiger partial charge on any atom is -0.507 e. The lowest BCUT2D eigenvalue weighted by molar-refractivity contribution is 0.288. The fraction of sp³-hybridized carbons (Fsp3) is 0.250. The number of phenols is 1. The summed E-state index contributed by atoms with van der Waals surface area (Å²) < 4.78 is 0. The molecule has 0 bridgehead atoms. The van der Waals surface area contributed by atoms with Crippen molar-refractivity contribution in [3.05, 3.63) is 53.6 Å². The van der Waals surface area contributed by atoms with Crippen LogP contribution in [0.25, 0.3) is 11.1 Å². The molecule has 0 aliphatic rings. The van der Waals surface area contributed by atoms with Crippen molar-refractivity contribution in [2.75, 3.05) is 6.61 Å². The highest BCUT2D eigenvalue weighted by molar-refractivity contribution is 5.70. The molecule has 0 aromatic heterocycles. The van der Waals surface area contributed by atoms with E-state index in [4.69, 9.17) is 5.11 Å². The normalized spacial score (nSPS) is 10.6. The van der Waals surface area contributed by atoms with Crippen molar-refractivity contribution in [2.24, 2.45) is 0 Å². The van der Waals surface area contributed by atoms with E-state index in [2.05, 4.69) is 0 Å². The van der Waals surface area contributed by atoms with Crippen LogP contribution in [0.2, 0.25) is 0 Å². The molecule has 0 amide bonds. The van der Waals surface area contributed by atoms with Crippen molar-refractivity contribution in [1.82, 2.24) is 0 Å². The van der Waals surface area contributed by atoms with Gasteiger partial charge in [0.15, 0.2) is 0 Å². The van der Waals surface area contributed by atoms with E-state index in [1.54, 1.807) is 6.07 Å². The molecule has 94 valence electrons. The van der Waals surface area contributed by atoms with E-state index in [0.29, 0.717) is 5.75 Å². The minimum atomic E-state index is 0.195. The number of benzene rings is 2. The molecule has 0 radical (unpaired) electrons. The molecular weight excluding hydrogens is 224 g/mol. The maximum atomic E-state index is 9.93. The molecule has 2 rings (SSSR count). The summed E-state index contributed by atoms with van der Waals surface area (Å²) in [6.07, 6.45) is 1.58. The van der Waals surface area contributed by atoms with Crippen LogP contribution in [0.4, 0.5) is 0 Å². The highest BCUT2D eigenvalue weighted by atomic mass is 16.3. The molecule has 0 spiro atoms. The topological polar surface area (TPSA) is 40.5 Å². The summed E-state index contributed by atoms with van der Waals surface area (Å²) in [6.45, 7) is 2.24. The van der Waals surface area contributed by atoms with Gasteiger partial charge in [-0.05, 0) is 43.0 Å². The molecule has 2 aromatic carbocycles. The number of aryl methyl sites for hydroxylation is 2. The van der Waals surface area contributed by atoms with E-state index >= 15 is 0 Å². The van der Waals surface area contributed by atoms with Crippen molar-refractivity contribution >= 4 is 0 Å². The Kier molecular flexibility index (Phi) is 4.00. The lowest BCUT2D eigenvalue weighted by Crippen LogP contribution is -1.90. The molecule has 0 saturated carbocycles. The fourth-order valence-electron chi connectivity index (χ4n) is 1.99. The summed E-state index contributed by atoms with van der Waals surface area (Å²) >= 11 is 0. The number of hydrogen-bond donors (Lipinski definition) is 2. The summed E-state index contributed by atoms with van der Waals surface area (Å²) in [6, 6.07) is 13.7. The van der Waals surface area contributed by atoms with E-state index in [-0.39, 0.29) is 6.61 Å². The Morgan fingerprint density at radius 3 is 2.39 bits per heavy atom. The van der Waals surface area contributed by atoms with Crippen molar-refractivity contribution in [3.63, 3.8) is 0 Å². The smallest absolute Gasteiger partial charge is 0.123 e. The lowest BCUT2D eigenvalue weighted by atomic mass is 9.99. The predicted octanol–water partition coefficient (Wildman–Crippen LogP) is 3.29. The first-order chi connectivity index (χ1) is 8.70. The fourth-order valence-corrected chi connectivity index (χ4v) is 1.99. The zero-order valence-corrected chi connectivity index (χ0v) is 10.6.